The zero-order chi connectivity index (χ0) is 19.4. The fraction of sp³-hybridized carbons (Fsp3) is 0.273. The molecule has 0 radical (unpaired) electrons. The molecule has 3 aromatic rings. The highest BCUT2D eigenvalue weighted by Crippen LogP contribution is 2.27. The van der Waals surface area contributed by atoms with Gasteiger partial charge < -0.3 is 9.15 Å². The van der Waals surface area contributed by atoms with E-state index < -0.39 is 0 Å². The number of nitrogens with one attached hydrogen (secondary N) is 1. The van der Waals surface area contributed by atoms with Crippen molar-refractivity contribution in [2.45, 2.75) is 33.6 Å². The van der Waals surface area contributed by atoms with Gasteiger partial charge in [0.2, 0.25) is 0 Å². The zero-order valence-corrected chi connectivity index (χ0v) is 16.1. The molecule has 1 amide bonds. The summed E-state index contributed by atoms with van der Waals surface area (Å²) < 4.78 is 11.5. The number of rotatable bonds is 6. The number of ether oxygens (including phenoxy) is 1. The summed E-state index contributed by atoms with van der Waals surface area (Å²) in [4.78, 5) is 12.1. The molecule has 3 rings (SSSR count). The van der Waals surface area contributed by atoms with E-state index in [0.717, 1.165) is 27.8 Å². The number of carbonyl (C=O) groups is 1. The molecule has 0 spiro atoms. The third-order valence-electron chi connectivity index (χ3n) is 4.28. The van der Waals surface area contributed by atoms with Gasteiger partial charge in [0.1, 0.15) is 17.0 Å². The molecule has 0 fully saturated rings. The van der Waals surface area contributed by atoms with Crippen LogP contribution in [0, 0.1) is 6.92 Å². The van der Waals surface area contributed by atoms with Crippen LogP contribution in [0.5, 0.6) is 5.75 Å². The molecule has 2 aromatic carbocycles. The number of para-hydroxylation sites is 1. The summed E-state index contributed by atoms with van der Waals surface area (Å²) in [6.07, 6.45) is 0. The summed E-state index contributed by atoms with van der Waals surface area (Å²) in [6.45, 7) is 7.88. The van der Waals surface area contributed by atoms with E-state index in [4.69, 9.17) is 9.15 Å². The van der Waals surface area contributed by atoms with Crippen molar-refractivity contribution in [1.82, 2.24) is 5.43 Å². The molecule has 1 N–H and O–H groups in total. The maximum atomic E-state index is 12.1. The van der Waals surface area contributed by atoms with E-state index in [1.54, 1.807) is 6.92 Å². The molecule has 5 nitrogen and oxygen atoms in total. The van der Waals surface area contributed by atoms with Crippen LogP contribution in [-0.2, 0) is 4.79 Å². The number of hydrazone groups is 1. The van der Waals surface area contributed by atoms with Gasteiger partial charge in [-0.15, -0.1) is 0 Å². The van der Waals surface area contributed by atoms with E-state index in [1.165, 1.54) is 0 Å². The number of aryl methyl sites for hydroxylation is 1. The van der Waals surface area contributed by atoms with Crippen molar-refractivity contribution in [3.8, 4) is 5.75 Å². The topological polar surface area (TPSA) is 63.8 Å². The van der Waals surface area contributed by atoms with Crippen LogP contribution in [-0.4, -0.2) is 18.2 Å². The number of fused-ring (bicyclic) bond motifs is 1. The maximum Gasteiger partial charge on any atom is 0.277 e. The second-order valence-electron chi connectivity index (χ2n) is 6.87. The molecule has 1 heterocycles. The number of hydrogen-bond donors (Lipinski definition) is 1. The van der Waals surface area contributed by atoms with Gasteiger partial charge in [0.15, 0.2) is 12.4 Å². The summed E-state index contributed by atoms with van der Waals surface area (Å²) >= 11 is 0. The van der Waals surface area contributed by atoms with Crippen LogP contribution in [0.1, 0.15) is 43.6 Å². The normalized spacial score (nSPS) is 11.8. The molecular weight excluding hydrogens is 340 g/mol. The van der Waals surface area contributed by atoms with Crippen LogP contribution < -0.4 is 10.2 Å². The third kappa shape index (κ3) is 4.56. The fourth-order valence-electron chi connectivity index (χ4n) is 2.78. The Balaban J connectivity index is 1.62. The first-order valence-corrected chi connectivity index (χ1v) is 8.99. The molecule has 1 aromatic heterocycles. The SMILES string of the molecule is CC(=NNC(=O)COc1cc(C)ccc1C(C)C)c1cc2ccccc2o1. The average Bonchev–Trinajstić information content (AvgIpc) is 3.08. The Labute approximate surface area is 159 Å². The molecule has 0 unspecified atom stereocenters. The Kier molecular flexibility index (Phi) is 5.60. The molecule has 5 heteroatoms. The molecule has 27 heavy (non-hydrogen) atoms. The van der Waals surface area contributed by atoms with Gasteiger partial charge in [0.25, 0.3) is 5.91 Å². The molecule has 0 aliphatic rings. The monoisotopic (exact) mass is 364 g/mol. The summed E-state index contributed by atoms with van der Waals surface area (Å²) in [6, 6.07) is 15.7. The van der Waals surface area contributed by atoms with Gasteiger partial charge >= 0.3 is 0 Å². The number of furan rings is 1. The van der Waals surface area contributed by atoms with Crippen LogP contribution in [0.25, 0.3) is 11.0 Å². The number of amides is 1. The Bertz CT molecular complexity index is 953. The van der Waals surface area contributed by atoms with Crippen LogP contribution in [0.4, 0.5) is 0 Å². The van der Waals surface area contributed by atoms with E-state index in [1.807, 2.05) is 55.5 Å². The lowest BCUT2D eigenvalue weighted by atomic mass is 10.0. The first kappa shape index (κ1) is 18.7. The molecule has 140 valence electrons. The van der Waals surface area contributed by atoms with Crippen molar-refractivity contribution >= 4 is 22.6 Å². The van der Waals surface area contributed by atoms with E-state index in [2.05, 4.69) is 24.4 Å². The first-order valence-electron chi connectivity index (χ1n) is 8.99. The van der Waals surface area contributed by atoms with Crippen molar-refractivity contribution in [1.29, 1.82) is 0 Å². The summed E-state index contributed by atoms with van der Waals surface area (Å²) in [5, 5.41) is 5.12. The van der Waals surface area contributed by atoms with Crippen molar-refractivity contribution in [3.05, 3.63) is 65.4 Å². The molecule has 0 atom stereocenters. The standard InChI is InChI=1S/C22H24N2O3/c1-14(2)18-10-9-15(3)11-21(18)26-13-22(25)24-23-16(4)20-12-17-7-5-6-8-19(17)27-20/h5-12,14H,13H2,1-4H3,(H,24,25). The molecule has 0 saturated heterocycles. The molecule has 0 bridgehead atoms. The third-order valence-corrected chi connectivity index (χ3v) is 4.28. The van der Waals surface area contributed by atoms with Crippen LogP contribution in [0.15, 0.2) is 58.0 Å². The molecule has 0 aliphatic heterocycles. The number of carbonyl (C=O) groups excluding carboxylic acids is 1. The van der Waals surface area contributed by atoms with Gasteiger partial charge in [0, 0.05) is 5.39 Å². The second kappa shape index (κ2) is 8.08. The van der Waals surface area contributed by atoms with Crippen LogP contribution >= 0.6 is 0 Å². The van der Waals surface area contributed by atoms with Crippen molar-refractivity contribution < 1.29 is 13.9 Å². The van der Waals surface area contributed by atoms with E-state index in [9.17, 15) is 4.79 Å². The minimum atomic E-state index is -0.318. The Morgan fingerprint density at radius 2 is 1.96 bits per heavy atom. The van der Waals surface area contributed by atoms with Crippen LogP contribution in [0.2, 0.25) is 0 Å². The minimum Gasteiger partial charge on any atom is -0.483 e. The number of hydrogen-bond acceptors (Lipinski definition) is 4. The van der Waals surface area contributed by atoms with Gasteiger partial charge in [-0.2, -0.15) is 5.10 Å². The van der Waals surface area contributed by atoms with Crippen LogP contribution in [0.3, 0.4) is 0 Å². The lowest BCUT2D eigenvalue weighted by Crippen LogP contribution is -2.25. The predicted molar refractivity (Wildman–Crippen MR) is 107 cm³/mol. The highest BCUT2D eigenvalue weighted by Gasteiger charge is 2.11. The van der Waals surface area contributed by atoms with Gasteiger partial charge in [0.05, 0.1) is 0 Å². The average molecular weight is 364 g/mol. The Morgan fingerprint density at radius 1 is 1.19 bits per heavy atom. The smallest absolute Gasteiger partial charge is 0.277 e. The maximum absolute atomic E-state index is 12.1. The highest BCUT2D eigenvalue weighted by atomic mass is 16.5. The van der Waals surface area contributed by atoms with Gasteiger partial charge in [-0.25, -0.2) is 5.43 Å². The van der Waals surface area contributed by atoms with Gasteiger partial charge in [-0.05, 0) is 49.1 Å². The van der Waals surface area contributed by atoms with E-state index in [0.29, 0.717) is 17.4 Å². The molecule has 0 aliphatic carbocycles. The highest BCUT2D eigenvalue weighted by molar-refractivity contribution is 6.00. The number of benzene rings is 2. The largest absolute Gasteiger partial charge is 0.483 e. The quantitative estimate of drug-likeness (QED) is 0.505. The van der Waals surface area contributed by atoms with Crippen molar-refractivity contribution in [3.63, 3.8) is 0 Å². The summed E-state index contributed by atoms with van der Waals surface area (Å²) in [7, 11) is 0. The van der Waals surface area contributed by atoms with Crippen molar-refractivity contribution in [2.24, 2.45) is 5.10 Å². The first-order chi connectivity index (χ1) is 12.9. The zero-order valence-electron chi connectivity index (χ0n) is 16.1. The Morgan fingerprint density at radius 3 is 2.70 bits per heavy atom. The van der Waals surface area contributed by atoms with Crippen molar-refractivity contribution in [2.75, 3.05) is 6.61 Å². The molecular formula is C22H24N2O3. The number of nitrogens with zero attached hydrogens (tertiary/aromatic N) is 1. The molecule has 0 saturated carbocycles. The predicted octanol–water partition coefficient (Wildman–Crippen LogP) is 4.78. The summed E-state index contributed by atoms with van der Waals surface area (Å²) in [5.41, 5.74) is 6.08. The van der Waals surface area contributed by atoms with Gasteiger partial charge in [-0.1, -0.05) is 44.2 Å². The lowest BCUT2D eigenvalue weighted by Gasteiger charge is -2.14. The lowest BCUT2D eigenvalue weighted by molar-refractivity contribution is -0.123. The van der Waals surface area contributed by atoms with E-state index in [-0.39, 0.29) is 12.5 Å². The fourth-order valence-corrected chi connectivity index (χ4v) is 2.78. The van der Waals surface area contributed by atoms with Gasteiger partial charge in [-0.3, -0.25) is 4.79 Å². The van der Waals surface area contributed by atoms with E-state index >= 15 is 0 Å². The minimum absolute atomic E-state index is 0.0971. The Hall–Kier alpha value is -3.08. The second-order valence-corrected chi connectivity index (χ2v) is 6.87. The summed E-state index contributed by atoms with van der Waals surface area (Å²) in [5.74, 6) is 1.36.